The molecule has 0 aliphatic heterocycles. The first-order valence-electron chi connectivity index (χ1n) is 10.5. The molecule has 0 aliphatic rings. The van der Waals surface area contributed by atoms with Crippen LogP contribution in [0.4, 0.5) is 27.7 Å². The number of anilines is 4. The number of primary amides is 1. The van der Waals surface area contributed by atoms with Crippen molar-refractivity contribution >= 4 is 34.8 Å². The monoisotopic (exact) mass is 432 g/mol. The number of amides is 3. The van der Waals surface area contributed by atoms with Crippen molar-refractivity contribution in [3.05, 3.63) is 78.0 Å². The largest absolute Gasteiger partial charge is 0.380 e. The van der Waals surface area contributed by atoms with E-state index in [1.807, 2.05) is 68.4 Å². The molecule has 0 unspecified atom stereocenters. The number of carbonyl (C=O) groups excluding carboxylic acids is 2. The number of hydrogen-bond donors (Lipinski definition) is 4. The molecule has 0 saturated carbocycles. The number of hydrogen-bond acceptors (Lipinski definition) is 5. The van der Waals surface area contributed by atoms with Crippen LogP contribution in [-0.2, 0) is 6.54 Å². The van der Waals surface area contributed by atoms with Gasteiger partial charge in [-0.15, -0.1) is 0 Å². The van der Waals surface area contributed by atoms with E-state index in [9.17, 15) is 9.59 Å². The Morgan fingerprint density at radius 2 is 1.62 bits per heavy atom. The third kappa shape index (κ3) is 5.98. The molecular formula is C24H28N6O2. The molecule has 0 radical (unpaired) electrons. The van der Waals surface area contributed by atoms with Gasteiger partial charge in [-0.25, -0.2) is 9.78 Å². The molecule has 5 N–H and O–H groups in total. The number of carbonyl (C=O) groups is 2. The van der Waals surface area contributed by atoms with Gasteiger partial charge in [0.25, 0.3) is 5.91 Å². The number of benzene rings is 2. The summed E-state index contributed by atoms with van der Waals surface area (Å²) in [7, 11) is 0. The smallest absolute Gasteiger partial charge is 0.321 e. The molecule has 1 heterocycles. The molecule has 0 aliphatic carbocycles. The highest BCUT2D eigenvalue weighted by atomic mass is 16.2. The maximum Gasteiger partial charge on any atom is 0.321 e. The van der Waals surface area contributed by atoms with Crippen LogP contribution in [0, 0.1) is 0 Å². The predicted octanol–water partition coefficient (Wildman–Crippen LogP) is 4.41. The van der Waals surface area contributed by atoms with Crippen molar-refractivity contribution in [1.29, 1.82) is 0 Å². The Bertz CT molecular complexity index is 1050. The molecular weight excluding hydrogens is 404 g/mol. The third-order valence-electron chi connectivity index (χ3n) is 4.95. The van der Waals surface area contributed by atoms with Gasteiger partial charge in [0.2, 0.25) is 0 Å². The predicted molar refractivity (Wildman–Crippen MR) is 128 cm³/mol. The Hall–Kier alpha value is -4.07. The van der Waals surface area contributed by atoms with Crippen molar-refractivity contribution in [3.63, 3.8) is 0 Å². The SMILES string of the molecule is CCN(CC)C(=O)Nc1ccc(Nc2cc(NCc3ccccc3)c(C(N)=O)cn2)cc1. The molecule has 8 nitrogen and oxygen atoms in total. The Kier molecular flexibility index (Phi) is 7.64. The fraction of sp³-hybridized carbons (Fsp3) is 0.208. The summed E-state index contributed by atoms with van der Waals surface area (Å²) in [5.41, 5.74) is 9.00. The molecule has 166 valence electrons. The first kappa shape index (κ1) is 22.6. The van der Waals surface area contributed by atoms with Gasteiger partial charge in [0.15, 0.2) is 0 Å². The van der Waals surface area contributed by atoms with Gasteiger partial charge in [0.05, 0.1) is 11.3 Å². The van der Waals surface area contributed by atoms with Crippen molar-refractivity contribution in [2.75, 3.05) is 29.0 Å². The zero-order chi connectivity index (χ0) is 22.9. The maximum absolute atomic E-state index is 12.2. The van der Waals surface area contributed by atoms with Crippen LogP contribution in [-0.4, -0.2) is 34.9 Å². The van der Waals surface area contributed by atoms with Gasteiger partial charge in [-0.3, -0.25) is 4.79 Å². The minimum Gasteiger partial charge on any atom is -0.380 e. The molecule has 3 aromatic rings. The molecule has 32 heavy (non-hydrogen) atoms. The van der Waals surface area contributed by atoms with E-state index in [1.165, 1.54) is 6.20 Å². The van der Waals surface area contributed by atoms with Gasteiger partial charge < -0.3 is 26.6 Å². The van der Waals surface area contributed by atoms with Crippen molar-refractivity contribution in [3.8, 4) is 0 Å². The van der Waals surface area contributed by atoms with E-state index in [0.717, 1.165) is 11.3 Å². The van der Waals surface area contributed by atoms with Crippen LogP contribution >= 0.6 is 0 Å². The first-order valence-corrected chi connectivity index (χ1v) is 10.5. The molecule has 0 bridgehead atoms. The molecule has 0 saturated heterocycles. The summed E-state index contributed by atoms with van der Waals surface area (Å²) in [6.07, 6.45) is 1.46. The molecule has 3 rings (SSSR count). The number of nitrogens with two attached hydrogens (primary N) is 1. The summed E-state index contributed by atoms with van der Waals surface area (Å²) in [6.45, 7) is 5.72. The standard InChI is InChI=1S/C24H28N6O2/c1-3-30(4-2)24(32)29-19-12-10-18(11-13-19)28-22-14-21(20(16-27-22)23(25)31)26-15-17-8-6-5-7-9-17/h5-14,16H,3-4,15H2,1-2H3,(H2,25,31)(H,29,32)(H2,26,27,28). The fourth-order valence-corrected chi connectivity index (χ4v) is 3.16. The highest BCUT2D eigenvalue weighted by Crippen LogP contribution is 2.23. The number of rotatable bonds is 9. The van der Waals surface area contributed by atoms with Gasteiger partial charge in [-0.05, 0) is 43.7 Å². The molecule has 0 atom stereocenters. The zero-order valence-corrected chi connectivity index (χ0v) is 18.3. The Morgan fingerprint density at radius 3 is 2.25 bits per heavy atom. The van der Waals surface area contributed by atoms with Crippen molar-refractivity contribution < 1.29 is 9.59 Å². The summed E-state index contributed by atoms with van der Waals surface area (Å²) < 4.78 is 0. The first-order chi connectivity index (χ1) is 15.5. The minimum atomic E-state index is -0.548. The van der Waals surface area contributed by atoms with Crippen LogP contribution in [0.2, 0.25) is 0 Å². The topological polar surface area (TPSA) is 112 Å². The van der Waals surface area contributed by atoms with E-state index in [0.29, 0.717) is 42.4 Å². The zero-order valence-electron chi connectivity index (χ0n) is 18.3. The summed E-state index contributed by atoms with van der Waals surface area (Å²) in [4.78, 5) is 30.0. The van der Waals surface area contributed by atoms with E-state index in [1.54, 1.807) is 11.0 Å². The Morgan fingerprint density at radius 1 is 0.969 bits per heavy atom. The molecule has 1 aromatic heterocycles. The van der Waals surface area contributed by atoms with Crippen LogP contribution in [0.15, 0.2) is 66.9 Å². The van der Waals surface area contributed by atoms with E-state index >= 15 is 0 Å². The average Bonchev–Trinajstić information content (AvgIpc) is 2.80. The summed E-state index contributed by atoms with van der Waals surface area (Å²) in [5.74, 6) is 0.0124. The van der Waals surface area contributed by atoms with E-state index < -0.39 is 5.91 Å². The quantitative estimate of drug-likeness (QED) is 0.400. The normalized spacial score (nSPS) is 10.3. The summed E-state index contributed by atoms with van der Waals surface area (Å²) in [5, 5.41) is 9.34. The van der Waals surface area contributed by atoms with Crippen LogP contribution in [0.25, 0.3) is 0 Å². The average molecular weight is 433 g/mol. The molecule has 3 amide bonds. The number of nitrogens with zero attached hydrogens (tertiary/aromatic N) is 2. The highest BCUT2D eigenvalue weighted by molar-refractivity contribution is 5.98. The Balaban J connectivity index is 1.70. The molecule has 8 heteroatoms. The lowest BCUT2D eigenvalue weighted by Crippen LogP contribution is -2.34. The van der Waals surface area contributed by atoms with Crippen LogP contribution in [0.1, 0.15) is 29.8 Å². The number of urea groups is 1. The lowest BCUT2D eigenvalue weighted by atomic mass is 10.2. The van der Waals surface area contributed by atoms with Crippen molar-refractivity contribution in [2.24, 2.45) is 5.73 Å². The second-order valence-corrected chi connectivity index (χ2v) is 7.12. The van der Waals surface area contributed by atoms with E-state index in [2.05, 4.69) is 20.9 Å². The second-order valence-electron chi connectivity index (χ2n) is 7.12. The van der Waals surface area contributed by atoms with Crippen molar-refractivity contribution in [1.82, 2.24) is 9.88 Å². The highest BCUT2D eigenvalue weighted by Gasteiger charge is 2.12. The van der Waals surface area contributed by atoms with E-state index in [-0.39, 0.29) is 6.03 Å². The van der Waals surface area contributed by atoms with Gasteiger partial charge in [-0.2, -0.15) is 0 Å². The van der Waals surface area contributed by atoms with Gasteiger partial charge in [0.1, 0.15) is 5.82 Å². The van der Waals surface area contributed by atoms with E-state index in [4.69, 9.17) is 5.73 Å². The lowest BCUT2D eigenvalue weighted by molar-refractivity contribution is 0.100. The Labute approximate surface area is 187 Å². The molecule has 2 aromatic carbocycles. The number of aromatic nitrogens is 1. The maximum atomic E-state index is 12.2. The van der Waals surface area contributed by atoms with Crippen LogP contribution in [0.3, 0.4) is 0 Å². The van der Waals surface area contributed by atoms with Crippen molar-refractivity contribution in [2.45, 2.75) is 20.4 Å². The lowest BCUT2D eigenvalue weighted by Gasteiger charge is -2.19. The number of pyridine rings is 1. The number of nitrogens with one attached hydrogen (secondary N) is 3. The molecule has 0 fully saturated rings. The van der Waals surface area contributed by atoms with Crippen LogP contribution in [0.5, 0.6) is 0 Å². The van der Waals surface area contributed by atoms with Crippen LogP contribution < -0.4 is 21.7 Å². The minimum absolute atomic E-state index is 0.131. The third-order valence-corrected chi connectivity index (χ3v) is 4.95. The fourth-order valence-electron chi connectivity index (χ4n) is 3.16. The van der Waals surface area contributed by atoms with Gasteiger partial charge >= 0.3 is 6.03 Å². The summed E-state index contributed by atoms with van der Waals surface area (Å²) in [6, 6.07) is 18.8. The van der Waals surface area contributed by atoms with Gasteiger partial charge in [-0.1, -0.05) is 30.3 Å². The molecule has 0 spiro atoms. The second kappa shape index (κ2) is 10.8. The van der Waals surface area contributed by atoms with Gasteiger partial charge in [0, 0.05) is 43.3 Å². The summed E-state index contributed by atoms with van der Waals surface area (Å²) >= 11 is 0.